The minimum atomic E-state index is 0.594. The van der Waals surface area contributed by atoms with Gasteiger partial charge in [-0.3, -0.25) is 4.57 Å². The molecule has 242 valence electrons. The van der Waals surface area contributed by atoms with E-state index >= 15 is 0 Å². The molecule has 0 aliphatic rings. The number of para-hydroxylation sites is 1. The molecule has 11 aromatic rings. The van der Waals surface area contributed by atoms with Crippen molar-refractivity contribution in [2.75, 3.05) is 0 Å². The fraction of sp³-hybridized carbons (Fsp3) is 0. The smallest absolute Gasteiger partial charge is 0.238 e. The van der Waals surface area contributed by atoms with Crippen LogP contribution in [-0.2, 0) is 0 Å². The molecule has 0 fully saturated rings. The van der Waals surface area contributed by atoms with E-state index in [-0.39, 0.29) is 0 Å². The molecule has 11 rings (SSSR count). The number of hydrogen-bond donors (Lipinski definition) is 0. The van der Waals surface area contributed by atoms with Gasteiger partial charge in [0.2, 0.25) is 5.95 Å². The third-order valence-corrected chi connectivity index (χ3v) is 11.4. The highest BCUT2D eigenvalue weighted by molar-refractivity contribution is 7.27. The first-order chi connectivity index (χ1) is 25.8. The standard InChI is InChI=1S/C47H28N4S/c1-3-13-29(14-4-1)30-23-25-32(26-24-30)46-48-45(31-15-5-2-6-16-31)49-47(50-46)51-38-22-12-11-21-37(38)41-39(51)27-28-40-43(41)42-35-19-9-7-17-33(35)34-18-8-10-20-36(34)44(42)52-40/h1-28H. The van der Waals surface area contributed by atoms with Crippen molar-refractivity contribution in [2.24, 2.45) is 0 Å². The van der Waals surface area contributed by atoms with Crippen LogP contribution in [0.2, 0.25) is 0 Å². The van der Waals surface area contributed by atoms with Crippen LogP contribution in [0.15, 0.2) is 170 Å². The number of hydrogen-bond acceptors (Lipinski definition) is 4. The van der Waals surface area contributed by atoms with Gasteiger partial charge >= 0.3 is 0 Å². The van der Waals surface area contributed by atoms with Gasteiger partial charge in [-0.25, -0.2) is 4.98 Å². The van der Waals surface area contributed by atoms with Crippen molar-refractivity contribution in [1.29, 1.82) is 0 Å². The lowest BCUT2D eigenvalue weighted by Gasteiger charge is -2.11. The number of fused-ring (bicyclic) bond motifs is 12. The van der Waals surface area contributed by atoms with Crippen molar-refractivity contribution in [3.05, 3.63) is 170 Å². The van der Waals surface area contributed by atoms with Crippen molar-refractivity contribution in [2.45, 2.75) is 0 Å². The van der Waals surface area contributed by atoms with Crippen LogP contribution in [0.4, 0.5) is 0 Å². The lowest BCUT2D eigenvalue weighted by molar-refractivity contribution is 0.953. The Labute approximate surface area is 302 Å². The van der Waals surface area contributed by atoms with E-state index in [1.54, 1.807) is 0 Å². The molecule has 5 heteroatoms. The number of benzene rings is 8. The van der Waals surface area contributed by atoms with Crippen LogP contribution in [0.3, 0.4) is 0 Å². The zero-order valence-corrected chi connectivity index (χ0v) is 28.7. The maximum atomic E-state index is 5.24. The zero-order valence-electron chi connectivity index (χ0n) is 27.9. The van der Waals surface area contributed by atoms with E-state index in [1.807, 2.05) is 35.6 Å². The summed E-state index contributed by atoms with van der Waals surface area (Å²) in [4.78, 5) is 15.5. The first kappa shape index (κ1) is 29.1. The molecule has 3 aromatic heterocycles. The third kappa shape index (κ3) is 4.36. The predicted octanol–water partition coefficient (Wildman–Crippen LogP) is 12.6. The molecule has 3 heterocycles. The molecule has 52 heavy (non-hydrogen) atoms. The van der Waals surface area contributed by atoms with E-state index < -0.39 is 0 Å². The molecule has 4 nitrogen and oxygen atoms in total. The Morgan fingerprint density at radius 2 is 0.865 bits per heavy atom. The number of rotatable bonds is 4. The van der Waals surface area contributed by atoms with Gasteiger partial charge in [0, 0.05) is 47.5 Å². The predicted molar refractivity (Wildman–Crippen MR) is 218 cm³/mol. The van der Waals surface area contributed by atoms with Crippen LogP contribution < -0.4 is 0 Å². The second kappa shape index (κ2) is 11.4. The molecule has 0 amide bonds. The van der Waals surface area contributed by atoms with Gasteiger partial charge in [-0.1, -0.05) is 152 Å². The Balaban J connectivity index is 1.22. The summed E-state index contributed by atoms with van der Waals surface area (Å²) in [5.74, 6) is 1.86. The minimum absolute atomic E-state index is 0.594. The first-order valence-corrected chi connectivity index (χ1v) is 18.3. The van der Waals surface area contributed by atoms with Gasteiger partial charge < -0.3 is 0 Å². The summed E-state index contributed by atoms with van der Waals surface area (Å²) in [7, 11) is 0. The molecule has 0 aliphatic heterocycles. The second-order valence-electron chi connectivity index (χ2n) is 13.2. The van der Waals surface area contributed by atoms with Crippen molar-refractivity contribution in [3.63, 3.8) is 0 Å². The van der Waals surface area contributed by atoms with E-state index in [1.165, 1.54) is 58.1 Å². The molecule has 8 aromatic carbocycles. The van der Waals surface area contributed by atoms with E-state index in [2.05, 4.69) is 150 Å². The fourth-order valence-electron chi connectivity index (χ4n) is 7.92. The SMILES string of the molecule is c1ccc(-c2ccc(-c3nc(-c4ccccc4)nc(-n4c5ccccc5c5c6c(ccc54)sc4c5ccccc5c5ccccc5c46)n3)cc2)cc1. The second-order valence-corrected chi connectivity index (χ2v) is 14.2. The average molecular weight is 681 g/mol. The number of thiophene rings is 1. The molecule has 0 saturated heterocycles. The van der Waals surface area contributed by atoms with Crippen LogP contribution in [0.25, 0.3) is 103 Å². The van der Waals surface area contributed by atoms with Crippen LogP contribution in [0, 0.1) is 0 Å². The Morgan fingerprint density at radius 3 is 1.58 bits per heavy atom. The van der Waals surface area contributed by atoms with Gasteiger partial charge in [-0.2, -0.15) is 9.97 Å². The summed E-state index contributed by atoms with van der Waals surface area (Å²) < 4.78 is 4.82. The Morgan fingerprint density at radius 1 is 0.346 bits per heavy atom. The highest BCUT2D eigenvalue weighted by atomic mass is 32.1. The molecular weight excluding hydrogens is 653 g/mol. The summed E-state index contributed by atoms with van der Waals surface area (Å²) in [5.41, 5.74) is 6.33. The maximum Gasteiger partial charge on any atom is 0.238 e. The van der Waals surface area contributed by atoms with Crippen LogP contribution in [0.1, 0.15) is 0 Å². The Bertz CT molecular complexity index is 3160. The molecule has 0 atom stereocenters. The maximum absolute atomic E-state index is 5.24. The van der Waals surface area contributed by atoms with Crippen LogP contribution >= 0.6 is 11.3 Å². The third-order valence-electron chi connectivity index (χ3n) is 10.3. The zero-order chi connectivity index (χ0) is 34.2. The molecule has 0 saturated carbocycles. The highest BCUT2D eigenvalue weighted by Gasteiger charge is 2.22. The molecule has 0 bridgehead atoms. The van der Waals surface area contributed by atoms with Gasteiger partial charge in [0.15, 0.2) is 11.6 Å². The van der Waals surface area contributed by atoms with E-state index in [0.717, 1.165) is 27.7 Å². The minimum Gasteiger partial charge on any atom is -0.278 e. The quantitative estimate of drug-likeness (QED) is 0.174. The van der Waals surface area contributed by atoms with E-state index in [9.17, 15) is 0 Å². The van der Waals surface area contributed by atoms with Gasteiger partial charge in [-0.05, 0) is 45.5 Å². The topological polar surface area (TPSA) is 43.6 Å². The molecule has 0 unspecified atom stereocenters. The summed E-state index contributed by atoms with van der Waals surface area (Å²) in [6.45, 7) is 0. The molecular formula is C47H28N4S. The number of nitrogens with zero attached hydrogens (tertiary/aromatic N) is 4. The molecule has 0 N–H and O–H groups in total. The Kier molecular flexibility index (Phi) is 6.39. The Hall–Kier alpha value is -6.69. The number of aromatic nitrogens is 4. The lowest BCUT2D eigenvalue weighted by Crippen LogP contribution is -2.06. The largest absolute Gasteiger partial charge is 0.278 e. The van der Waals surface area contributed by atoms with Gasteiger partial charge in [-0.15, -0.1) is 11.3 Å². The van der Waals surface area contributed by atoms with E-state index in [4.69, 9.17) is 15.0 Å². The summed E-state index contributed by atoms with van der Waals surface area (Å²) in [5, 5.41) is 10.1. The summed E-state index contributed by atoms with van der Waals surface area (Å²) in [6, 6.07) is 60.0. The molecule has 0 spiro atoms. The van der Waals surface area contributed by atoms with Crippen molar-refractivity contribution >= 4 is 74.9 Å². The first-order valence-electron chi connectivity index (χ1n) is 17.5. The van der Waals surface area contributed by atoms with Gasteiger partial charge in [0.25, 0.3) is 0 Å². The summed E-state index contributed by atoms with van der Waals surface area (Å²) in [6.07, 6.45) is 0. The van der Waals surface area contributed by atoms with Gasteiger partial charge in [0.1, 0.15) is 0 Å². The fourth-order valence-corrected chi connectivity index (χ4v) is 9.18. The van der Waals surface area contributed by atoms with Crippen molar-refractivity contribution < 1.29 is 0 Å². The average Bonchev–Trinajstić information content (AvgIpc) is 3.78. The van der Waals surface area contributed by atoms with Crippen molar-refractivity contribution in [1.82, 2.24) is 19.5 Å². The van der Waals surface area contributed by atoms with Crippen LogP contribution in [0.5, 0.6) is 0 Å². The van der Waals surface area contributed by atoms with Crippen LogP contribution in [-0.4, -0.2) is 19.5 Å². The molecule has 0 aliphatic carbocycles. The normalized spacial score (nSPS) is 11.8. The highest BCUT2D eigenvalue weighted by Crippen LogP contribution is 2.48. The monoisotopic (exact) mass is 680 g/mol. The van der Waals surface area contributed by atoms with Crippen molar-refractivity contribution in [3.8, 4) is 39.9 Å². The van der Waals surface area contributed by atoms with Gasteiger partial charge in [0.05, 0.1) is 11.0 Å². The van der Waals surface area contributed by atoms with E-state index in [0.29, 0.717) is 17.6 Å². The lowest BCUT2D eigenvalue weighted by atomic mass is 9.96. The molecule has 0 radical (unpaired) electrons. The summed E-state index contributed by atoms with van der Waals surface area (Å²) >= 11 is 1.88.